The summed E-state index contributed by atoms with van der Waals surface area (Å²) in [5, 5.41) is 28.2. The van der Waals surface area contributed by atoms with Crippen molar-refractivity contribution in [3.63, 3.8) is 0 Å². The Morgan fingerprint density at radius 1 is 1.24 bits per heavy atom. The van der Waals surface area contributed by atoms with E-state index in [0.29, 0.717) is 23.5 Å². The van der Waals surface area contributed by atoms with Gasteiger partial charge < -0.3 is 21.5 Å². The Hall–Kier alpha value is -3.71. The van der Waals surface area contributed by atoms with Crippen LogP contribution in [-0.2, 0) is 0 Å². The maximum Gasteiger partial charge on any atom is 0.370 e. The van der Waals surface area contributed by atoms with Gasteiger partial charge in [0, 0.05) is 5.69 Å². The number of H-pyrrole nitrogens is 1. The molecule has 0 saturated carbocycles. The molecule has 1 atom stereocenters. The Kier molecular flexibility index (Phi) is 6.21. The number of anilines is 4. The van der Waals surface area contributed by atoms with Gasteiger partial charge >= 0.3 is 5.95 Å². The van der Waals surface area contributed by atoms with Crippen LogP contribution in [0.1, 0.15) is 26.1 Å². The predicted molar refractivity (Wildman–Crippen MR) is 109 cm³/mol. The van der Waals surface area contributed by atoms with Gasteiger partial charge in [-0.15, -0.1) is 9.67 Å². The van der Waals surface area contributed by atoms with Crippen molar-refractivity contribution in [2.24, 2.45) is 5.92 Å². The first-order chi connectivity index (χ1) is 14.0. The quantitative estimate of drug-likeness (QED) is 0.360. The Morgan fingerprint density at radius 2 is 2.00 bits per heavy atom. The minimum atomic E-state index is -0.191. The summed E-state index contributed by atoms with van der Waals surface area (Å²) >= 11 is 0. The van der Waals surface area contributed by atoms with Crippen molar-refractivity contribution in [1.29, 1.82) is 5.26 Å². The zero-order valence-corrected chi connectivity index (χ0v) is 16.3. The van der Waals surface area contributed by atoms with Crippen LogP contribution in [0, 0.1) is 17.2 Å². The highest BCUT2D eigenvalue weighted by Crippen LogP contribution is 2.15. The SMILES string of the molecule is CC(C)C[C@@H](CO)Nc1cc(-[n+]2[nH]c(Nc3ccccc3)nc2N)nc(C#N)n1. The maximum absolute atomic E-state index is 9.62. The minimum Gasteiger partial charge on any atom is -0.394 e. The van der Waals surface area contributed by atoms with Crippen LogP contribution in [0.3, 0.4) is 0 Å². The molecule has 150 valence electrons. The van der Waals surface area contributed by atoms with Crippen molar-refractivity contribution in [3.05, 3.63) is 42.2 Å². The van der Waals surface area contributed by atoms with E-state index in [-0.39, 0.29) is 24.4 Å². The number of nitrogens with two attached hydrogens (primary N) is 1. The van der Waals surface area contributed by atoms with Gasteiger partial charge in [0.2, 0.25) is 0 Å². The van der Waals surface area contributed by atoms with E-state index < -0.39 is 0 Å². The maximum atomic E-state index is 9.62. The van der Waals surface area contributed by atoms with Gasteiger partial charge in [0.25, 0.3) is 17.6 Å². The van der Waals surface area contributed by atoms with Crippen molar-refractivity contribution in [1.82, 2.24) is 20.1 Å². The molecule has 0 aliphatic rings. The van der Waals surface area contributed by atoms with Crippen molar-refractivity contribution >= 4 is 23.4 Å². The number of hydrogen-bond acceptors (Lipinski definition) is 8. The standard InChI is InChI=1S/C19H23N9O/c1-12(2)8-14(11-29)22-15-9-17(25-16(10-20)24-15)28-18(21)26-19(27-28)23-13-6-4-3-5-7-13/h3-7,9,12,14,29H,8,11H2,1-2H3,(H4,21,22,23,24,25,26,27)/p+1/t14-/m0/s1. The van der Waals surface area contributed by atoms with E-state index in [2.05, 4.69) is 44.5 Å². The molecule has 3 aromatic rings. The van der Waals surface area contributed by atoms with E-state index in [0.717, 1.165) is 12.1 Å². The fourth-order valence-electron chi connectivity index (χ4n) is 2.87. The van der Waals surface area contributed by atoms with Gasteiger partial charge in [-0.2, -0.15) is 10.2 Å². The predicted octanol–water partition coefficient (Wildman–Crippen LogP) is 1.49. The van der Waals surface area contributed by atoms with E-state index in [4.69, 9.17) is 5.73 Å². The van der Waals surface area contributed by atoms with Crippen LogP contribution in [-0.4, -0.2) is 37.8 Å². The Balaban J connectivity index is 1.89. The number of aliphatic hydroxyl groups excluding tert-OH is 1. The van der Waals surface area contributed by atoms with Crippen LogP contribution in [0.15, 0.2) is 36.4 Å². The molecule has 10 nitrogen and oxygen atoms in total. The summed E-state index contributed by atoms with van der Waals surface area (Å²) in [6.07, 6.45) is 0.752. The third-order valence-electron chi connectivity index (χ3n) is 4.08. The number of nitrogens with one attached hydrogen (secondary N) is 3. The molecule has 0 spiro atoms. The Morgan fingerprint density at radius 3 is 2.66 bits per heavy atom. The van der Waals surface area contributed by atoms with Crippen LogP contribution in [0.2, 0.25) is 0 Å². The molecule has 1 aromatic carbocycles. The first-order valence-corrected chi connectivity index (χ1v) is 9.25. The number of benzene rings is 1. The molecule has 0 aliphatic carbocycles. The summed E-state index contributed by atoms with van der Waals surface area (Å²) in [4.78, 5) is 12.6. The lowest BCUT2D eigenvalue weighted by atomic mass is 10.0. The second kappa shape index (κ2) is 8.99. The lowest BCUT2D eigenvalue weighted by molar-refractivity contribution is -0.644. The van der Waals surface area contributed by atoms with Crippen LogP contribution < -0.4 is 21.0 Å². The van der Waals surface area contributed by atoms with Crippen molar-refractivity contribution < 1.29 is 9.79 Å². The summed E-state index contributed by atoms with van der Waals surface area (Å²) in [6, 6.07) is 12.9. The normalized spacial score (nSPS) is 11.8. The number of aromatic amines is 1. The third-order valence-corrected chi connectivity index (χ3v) is 4.08. The second-order valence-corrected chi connectivity index (χ2v) is 6.96. The van der Waals surface area contributed by atoms with Crippen molar-refractivity contribution in [2.45, 2.75) is 26.3 Å². The molecule has 10 heteroatoms. The first kappa shape index (κ1) is 20.0. The summed E-state index contributed by atoms with van der Waals surface area (Å²) in [7, 11) is 0. The third kappa shape index (κ3) is 5.18. The summed E-state index contributed by atoms with van der Waals surface area (Å²) in [5.41, 5.74) is 6.88. The van der Waals surface area contributed by atoms with Gasteiger partial charge in [-0.25, -0.2) is 5.10 Å². The highest BCUT2D eigenvalue weighted by atomic mass is 16.3. The highest BCUT2D eigenvalue weighted by molar-refractivity contribution is 5.52. The molecule has 0 aliphatic heterocycles. The summed E-state index contributed by atoms with van der Waals surface area (Å²) in [6.45, 7) is 4.08. The molecule has 6 N–H and O–H groups in total. The molecule has 0 amide bonds. The van der Waals surface area contributed by atoms with E-state index in [1.165, 1.54) is 4.68 Å². The number of nitriles is 1. The van der Waals surface area contributed by atoms with Gasteiger partial charge in [0.1, 0.15) is 5.82 Å². The van der Waals surface area contributed by atoms with E-state index in [1.54, 1.807) is 6.07 Å². The number of nitrogens with zero attached hydrogens (tertiary/aromatic N) is 5. The first-order valence-electron chi connectivity index (χ1n) is 9.25. The average Bonchev–Trinajstić information content (AvgIpc) is 3.07. The van der Waals surface area contributed by atoms with Crippen LogP contribution >= 0.6 is 0 Å². The Labute approximate surface area is 168 Å². The molecule has 0 unspecified atom stereocenters. The molecule has 0 saturated heterocycles. The monoisotopic (exact) mass is 394 g/mol. The number of rotatable bonds is 8. The average molecular weight is 394 g/mol. The number of para-hydroxylation sites is 1. The van der Waals surface area contributed by atoms with E-state index in [1.807, 2.05) is 36.4 Å². The van der Waals surface area contributed by atoms with E-state index in [9.17, 15) is 10.4 Å². The van der Waals surface area contributed by atoms with Gasteiger partial charge in [-0.3, -0.25) is 0 Å². The fourth-order valence-corrected chi connectivity index (χ4v) is 2.87. The minimum absolute atomic E-state index is 0.0229. The van der Waals surface area contributed by atoms with Gasteiger partial charge in [-0.1, -0.05) is 37.0 Å². The second-order valence-electron chi connectivity index (χ2n) is 6.96. The zero-order chi connectivity index (χ0) is 20.8. The van der Waals surface area contributed by atoms with Crippen LogP contribution in [0.4, 0.5) is 23.4 Å². The molecule has 0 bridgehead atoms. The van der Waals surface area contributed by atoms with Gasteiger partial charge in [0.15, 0.2) is 6.07 Å². The summed E-state index contributed by atoms with van der Waals surface area (Å²) < 4.78 is 1.45. The van der Waals surface area contributed by atoms with Gasteiger partial charge in [-0.05, 0) is 24.5 Å². The van der Waals surface area contributed by atoms with Crippen LogP contribution in [0.5, 0.6) is 0 Å². The smallest absolute Gasteiger partial charge is 0.370 e. The molecular weight excluding hydrogens is 370 g/mol. The van der Waals surface area contributed by atoms with Crippen molar-refractivity contribution in [3.8, 4) is 11.9 Å². The molecule has 29 heavy (non-hydrogen) atoms. The Bertz CT molecular complexity index is 995. The van der Waals surface area contributed by atoms with Crippen molar-refractivity contribution in [2.75, 3.05) is 23.0 Å². The molecule has 2 aromatic heterocycles. The lowest BCUT2D eigenvalue weighted by Crippen LogP contribution is -2.37. The molecule has 3 rings (SSSR count). The topological polar surface area (TPSA) is 152 Å². The molecule has 0 fully saturated rings. The highest BCUT2D eigenvalue weighted by Gasteiger charge is 2.20. The summed E-state index contributed by atoms with van der Waals surface area (Å²) in [5.74, 6) is 1.73. The largest absolute Gasteiger partial charge is 0.394 e. The number of aromatic nitrogens is 5. The van der Waals surface area contributed by atoms with E-state index >= 15 is 0 Å². The number of aliphatic hydroxyl groups is 1. The molecule has 2 heterocycles. The molecular formula is C19H24N9O+. The zero-order valence-electron chi connectivity index (χ0n) is 16.3. The fraction of sp³-hybridized carbons (Fsp3) is 0.316. The number of hydrogen-bond donors (Lipinski definition) is 5. The molecule has 0 radical (unpaired) electrons. The number of nitrogen functional groups attached to an aromatic ring is 1. The van der Waals surface area contributed by atoms with Crippen LogP contribution in [0.25, 0.3) is 5.82 Å². The lowest BCUT2D eigenvalue weighted by Gasteiger charge is -2.18. The van der Waals surface area contributed by atoms with Gasteiger partial charge in [0.05, 0.1) is 18.7 Å².